The molecule has 0 heteroatoms. The van der Waals surface area contributed by atoms with E-state index in [4.69, 9.17) is 0 Å². The predicted molar refractivity (Wildman–Crippen MR) is 101 cm³/mol. The Labute approximate surface area is 141 Å². The summed E-state index contributed by atoms with van der Waals surface area (Å²) in [4.78, 5) is 0. The van der Waals surface area contributed by atoms with E-state index in [1.807, 2.05) is 0 Å². The quantitative estimate of drug-likeness (QED) is 0.562. The van der Waals surface area contributed by atoms with E-state index in [0.717, 1.165) is 0 Å². The summed E-state index contributed by atoms with van der Waals surface area (Å²) in [7, 11) is 0. The van der Waals surface area contributed by atoms with Gasteiger partial charge in [-0.25, -0.2) is 0 Å². The summed E-state index contributed by atoms with van der Waals surface area (Å²) in [5.41, 5.74) is 8.94. The van der Waals surface area contributed by atoms with Gasteiger partial charge in [-0.1, -0.05) is 67.8 Å². The highest BCUT2D eigenvalue weighted by molar-refractivity contribution is 5.92. The topological polar surface area (TPSA) is 0 Å². The molecule has 0 fully saturated rings. The van der Waals surface area contributed by atoms with E-state index in [1.54, 1.807) is 11.1 Å². The molecule has 0 aliphatic heterocycles. The van der Waals surface area contributed by atoms with Crippen LogP contribution in [0.2, 0.25) is 0 Å². The van der Waals surface area contributed by atoms with Gasteiger partial charge in [0.05, 0.1) is 0 Å². The van der Waals surface area contributed by atoms with Crippen molar-refractivity contribution in [2.24, 2.45) is 0 Å². The molecule has 1 aliphatic rings. The molecule has 1 aliphatic carbocycles. The Morgan fingerprint density at radius 1 is 0.522 bits per heavy atom. The summed E-state index contributed by atoms with van der Waals surface area (Å²) in [6.45, 7) is 4.51. The molecule has 2 aromatic carbocycles. The van der Waals surface area contributed by atoms with Crippen LogP contribution in [0.4, 0.5) is 0 Å². The fraction of sp³-hybridized carbons (Fsp3) is 0.391. The van der Waals surface area contributed by atoms with Crippen LogP contribution in [0.15, 0.2) is 48.5 Å². The van der Waals surface area contributed by atoms with Crippen molar-refractivity contribution >= 4 is 11.1 Å². The second-order valence-electron chi connectivity index (χ2n) is 6.85. The highest BCUT2D eigenvalue weighted by atomic mass is 14.2. The first kappa shape index (κ1) is 16.1. The first-order valence-corrected chi connectivity index (χ1v) is 9.11. The molecule has 0 radical (unpaired) electrons. The SMILES string of the molecule is Cc1ccccc1C1=C(c2ccccc2C)CCCCCCC1. The Morgan fingerprint density at radius 3 is 1.35 bits per heavy atom. The van der Waals surface area contributed by atoms with Gasteiger partial charge in [-0.2, -0.15) is 0 Å². The van der Waals surface area contributed by atoms with E-state index < -0.39 is 0 Å². The molecule has 0 amide bonds. The van der Waals surface area contributed by atoms with E-state index in [0.29, 0.717) is 0 Å². The molecule has 120 valence electrons. The van der Waals surface area contributed by atoms with Crippen LogP contribution in [0.3, 0.4) is 0 Å². The maximum atomic E-state index is 2.32. The minimum atomic E-state index is 1.22. The fourth-order valence-electron chi connectivity index (χ4n) is 3.85. The minimum Gasteiger partial charge on any atom is -0.0620 e. The van der Waals surface area contributed by atoms with E-state index >= 15 is 0 Å². The predicted octanol–water partition coefficient (Wildman–Crippen LogP) is 6.96. The first-order chi connectivity index (χ1) is 11.3. The van der Waals surface area contributed by atoms with Gasteiger partial charge < -0.3 is 0 Å². The van der Waals surface area contributed by atoms with E-state index in [9.17, 15) is 0 Å². The lowest BCUT2D eigenvalue weighted by Crippen LogP contribution is -1.97. The molecular formula is C23H28. The van der Waals surface area contributed by atoms with Crippen molar-refractivity contribution < 1.29 is 0 Å². The number of hydrogen-bond donors (Lipinski definition) is 0. The normalized spacial score (nSPS) is 16.6. The second-order valence-corrected chi connectivity index (χ2v) is 6.85. The zero-order chi connectivity index (χ0) is 16.1. The summed E-state index contributed by atoms with van der Waals surface area (Å²) in [5, 5.41) is 0. The molecule has 23 heavy (non-hydrogen) atoms. The fourth-order valence-corrected chi connectivity index (χ4v) is 3.85. The van der Waals surface area contributed by atoms with Gasteiger partial charge in [0.1, 0.15) is 0 Å². The lowest BCUT2D eigenvalue weighted by atomic mass is 9.86. The van der Waals surface area contributed by atoms with Crippen LogP contribution in [0.1, 0.15) is 67.2 Å². The van der Waals surface area contributed by atoms with Crippen molar-refractivity contribution in [2.75, 3.05) is 0 Å². The van der Waals surface area contributed by atoms with Gasteiger partial charge in [0.15, 0.2) is 0 Å². The Hall–Kier alpha value is -1.82. The Morgan fingerprint density at radius 2 is 0.913 bits per heavy atom. The number of hydrogen-bond acceptors (Lipinski definition) is 0. The van der Waals surface area contributed by atoms with Crippen LogP contribution in [-0.2, 0) is 0 Å². The molecule has 0 saturated carbocycles. The van der Waals surface area contributed by atoms with Crippen LogP contribution in [-0.4, -0.2) is 0 Å². The molecule has 0 spiro atoms. The summed E-state index contributed by atoms with van der Waals surface area (Å²) in [6.07, 6.45) is 9.20. The third-order valence-electron chi connectivity index (χ3n) is 5.16. The average molecular weight is 304 g/mol. The van der Waals surface area contributed by atoms with E-state index in [-0.39, 0.29) is 0 Å². The molecule has 0 N–H and O–H groups in total. The van der Waals surface area contributed by atoms with Gasteiger partial charge in [-0.05, 0) is 72.9 Å². The van der Waals surface area contributed by atoms with Gasteiger partial charge in [-0.15, -0.1) is 0 Å². The smallest absolute Gasteiger partial charge is 0.0192 e. The molecule has 0 atom stereocenters. The third kappa shape index (κ3) is 3.75. The molecule has 3 rings (SSSR count). The molecule has 0 bridgehead atoms. The summed E-state index contributed by atoms with van der Waals surface area (Å²) >= 11 is 0. The van der Waals surface area contributed by atoms with Crippen molar-refractivity contribution in [1.29, 1.82) is 0 Å². The number of rotatable bonds is 2. The summed E-state index contributed by atoms with van der Waals surface area (Å²) in [5.74, 6) is 0. The van der Waals surface area contributed by atoms with Crippen LogP contribution in [0, 0.1) is 13.8 Å². The molecule has 0 unspecified atom stereocenters. The van der Waals surface area contributed by atoms with E-state index in [1.165, 1.54) is 67.2 Å². The Bertz CT molecular complexity index is 631. The maximum absolute atomic E-state index is 2.32. The van der Waals surface area contributed by atoms with Crippen LogP contribution < -0.4 is 0 Å². The van der Waals surface area contributed by atoms with Gasteiger partial charge in [0, 0.05) is 0 Å². The van der Waals surface area contributed by atoms with Gasteiger partial charge in [-0.3, -0.25) is 0 Å². The Kier molecular flexibility index (Phi) is 5.33. The summed E-state index contributed by atoms with van der Waals surface area (Å²) in [6, 6.07) is 17.8. The third-order valence-corrected chi connectivity index (χ3v) is 5.16. The highest BCUT2D eigenvalue weighted by Gasteiger charge is 2.15. The monoisotopic (exact) mass is 304 g/mol. The molecule has 2 aromatic rings. The van der Waals surface area contributed by atoms with Gasteiger partial charge >= 0.3 is 0 Å². The lowest BCUT2D eigenvalue weighted by molar-refractivity contribution is 0.634. The maximum Gasteiger partial charge on any atom is -0.0192 e. The zero-order valence-electron chi connectivity index (χ0n) is 14.6. The molecule has 0 heterocycles. The first-order valence-electron chi connectivity index (χ1n) is 9.11. The Balaban J connectivity index is 2.17. The standard InChI is InChI=1S/C23H28/c1-18-12-8-10-14-20(18)22-16-6-4-3-5-7-17-23(22)21-15-11-9-13-19(21)2/h8-15H,3-7,16-17H2,1-2H3. The van der Waals surface area contributed by atoms with Gasteiger partial charge in [0.2, 0.25) is 0 Å². The number of allylic oxidation sites excluding steroid dienone is 2. The van der Waals surface area contributed by atoms with Crippen molar-refractivity contribution in [3.63, 3.8) is 0 Å². The van der Waals surface area contributed by atoms with Crippen molar-refractivity contribution in [3.05, 3.63) is 70.8 Å². The second kappa shape index (κ2) is 7.64. The highest BCUT2D eigenvalue weighted by Crippen LogP contribution is 2.37. The largest absolute Gasteiger partial charge is 0.0620 e. The van der Waals surface area contributed by atoms with Crippen molar-refractivity contribution in [2.45, 2.75) is 58.8 Å². The number of aryl methyl sites for hydroxylation is 2. The number of benzene rings is 2. The van der Waals surface area contributed by atoms with Gasteiger partial charge in [0.25, 0.3) is 0 Å². The van der Waals surface area contributed by atoms with E-state index in [2.05, 4.69) is 62.4 Å². The summed E-state index contributed by atoms with van der Waals surface area (Å²) < 4.78 is 0. The van der Waals surface area contributed by atoms with Crippen LogP contribution in [0.25, 0.3) is 11.1 Å². The molecule has 0 nitrogen and oxygen atoms in total. The molecular weight excluding hydrogens is 276 g/mol. The van der Waals surface area contributed by atoms with Crippen LogP contribution in [0.5, 0.6) is 0 Å². The van der Waals surface area contributed by atoms with Crippen molar-refractivity contribution in [3.8, 4) is 0 Å². The molecule has 0 saturated heterocycles. The average Bonchev–Trinajstić information content (AvgIpc) is 2.68. The minimum absolute atomic E-state index is 1.22. The lowest BCUT2D eigenvalue weighted by Gasteiger charge is -2.19. The molecule has 0 aromatic heterocycles. The van der Waals surface area contributed by atoms with Crippen molar-refractivity contribution in [1.82, 2.24) is 0 Å². The zero-order valence-corrected chi connectivity index (χ0v) is 14.6. The van der Waals surface area contributed by atoms with Crippen LogP contribution >= 0.6 is 0 Å².